The lowest BCUT2D eigenvalue weighted by Gasteiger charge is -2.17. The molecule has 1 heterocycles. The Balaban J connectivity index is 2.15. The Hall–Kier alpha value is -1.78. The first-order valence-corrected chi connectivity index (χ1v) is 6.61. The first-order chi connectivity index (χ1) is 9.47. The summed E-state index contributed by atoms with van der Waals surface area (Å²) >= 11 is 11.8. The van der Waals surface area contributed by atoms with Crippen LogP contribution in [0.2, 0.25) is 10.0 Å². The van der Waals surface area contributed by atoms with Gasteiger partial charge in [-0.2, -0.15) is 0 Å². The zero-order valence-electron chi connectivity index (χ0n) is 10.7. The molecule has 4 nitrogen and oxygen atoms in total. The number of nitrogens with one attached hydrogen (secondary N) is 1. The third-order valence-corrected chi connectivity index (χ3v) is 3.49. The molecule has 0 spiro atoms. The van der Waals surface area contributed by atoms with Gasteiger partial charge in [-0.05, 0) is 23.8 Å². The molecule has 1 aromatic carbocycles. The summed E-state index contributed by atoms with van der Waals surface area (Å²) in [5.41, 5.74) is 0.798. The Labute approximate surface area is 125 Å². The summed E-state index contributed by atoms with van der Waals surface area (Å²) in [6.45, 7) is 0.368. The van der Waals surface area contributed by atoms with Crippen molar-refractivity contribution in [1.29, 1.82) is 0 Å². The van der Waals surface area contributed by atoms with Gasteiger partial charge in [0.15, 0.2) is 0 Å². The second-order valence-corrected chi connectivity index (χ2v) is 5.15. The maximum absolute atomic E-state index is 12.1. The molecular formula is C14H12Cl2N2O2. The van der Waals surface area contributed by atoms with E-state index in [4.69, 9.17) is 23.2 Å². The number of aromatic amines is 1. The van der Waals surface area contributed by atoms with Crippen molar-refractivity contribution < 1.29 is 4.79 Å². The van der Waals surface area contributed by atoms with Crippen LogP contribution in [0.25, 0.3) is 0 Å². The number of benzene rings is 1. The van der Waals surface area contributed by atoms with Crippen molar-refractivity contribution in [2.45, 2.75) is 6.54 Å². The molecule has 0 unspecified atom stereocenters. The second-order valence-electron chi connectivity index (χ2n) is 4.34. The van der Waals surface area contributed by atoms with Gasteiger partial charge in [-0.15, -0.1) is 0 Å². The number of carbonyl (C=O) groups is 1. The maximum atomic E-state index is 12.1. The molecule has 104 valence electrons. The van der Waals surface area contributed by atoms with E-state index in [0.29, 0.717) is 16.6 Å². The summed E-state index contributed by atoms with van der Waals surface area (Å²) in [6.07, 6.45) is 0. The fourth-order valence-electron chi connectivity index (χ4n) is 1.76. The van der Waals surface area contributed by atoms with Crippen LogP contribution in [0.3, 0.4) is 0 Å². The molecule has 20 heavy (non-hydrogen) atoms. The van der Waals surface area contributed by atoms with Crippen LogP contribution in [-0.2, 0) is 6.54 Å². The smallest absolute Gasteiger partial charge is 0.270 e. The van der Waals surface area contributed by atoms with Crippen molar-refractivity contribution in [2.75, 3.05) is 7.05 Å². The van der Waals surface area contributed by atoms with Gasteiger partial charge >= 0.3 is 0 Å². The molecule has 0 saturated heterocycles. The number of carbonyl (C=O) groups excluding carboxylic acids is 1. The summed E-state index contributed by atoms with van der Waals surface area (Å²) in [6, 6.07) is 9.65. The van der Waals surface area contributed by atoms with Crippen molar-refractivity contribution in [3.05, 3.63) is 68.1 Å². The van der Waals surface area contributed by atoms with Crippen LogP contribution in [0.4, 0.5) is 0 Å². The Morgan fingerprint density at radius 1 is 1.20 bits per heavy atom. The molecular weight excluding hydrogens is 299 g/mol. The SMILES string of the molecule is CN(Cc1ccc(Cl)c(Cl)c1)C(=O)c1cccc(=O)[nH]1. The normalized spacial score (nSPS) is 10.3. The number of pyridine rings is 1. The molecule has 6 heteroatoms. The van der Waals surface area contributed by atoms with Crippen molar-refractivity contribution >= 4 is 29.1 Å². The number of halogens is 2. The average molecular weight is 311 g/mol. The van der Waals surface area contributed by atoms with Crippen LogP contribution >= 0.6 is 23.2 Å². The summed E-state index contributed by atoms with van der Waals surface area (Å²) < 4.78 is 0. The van der Waals surface area contributed by atoms with Crippen LogP contribution in [0, 0.1) is 0 Å². The van der Waals surface area contributed by atoms with Crippen LogP contribution in [0.1, 0.15) is 16.1 Å². The van der Waals surface area contributed by atoms with Gasteiger partial charge in [0.25, 0.3) is 5.91 Å². The number of hydrogen-bond donors (Lipinski definition) is 1. The van der Waals surface area contributed by atoms with Gasteiger partial charge in [-0.25, -0.2) is 0 Å². The first-order valence-electron chi connectivity index (χ1n) is 5.86. The highest BCUT2D eigenvalue weighted by atomic mass is 35.5. The molecule has 0 fully saturated rings. The van der Waals surface area contributed by atoms with Gasteiger partial charge in [-0.1, -0.05) is 35.3 Å². The molecule has 0 saturated carbocycles. The number of aromatic nitrogens is 1. The Bertz CT molecular complexity index is 698. The largest absolute Gasteiger partial charge is 0.336 e. The second kappa shape index (κ2) is 6.11. The zero-order valence-corrected chi connectivity index (χ0v) is 12.2. The predicted molar refractivity (Wildman–Crippen MR) is 79.3 cm³/mol. The van der Waals surface area contributed by atoms with Gasteiger partial charge in [0, 0.05) is 19.7 Å². The Morgan fingerprint density at radius 3 is 2.60 bits per heavy atom. The zero-order chi connectivity index (χ0) is 14.7. The van der Waals surface area contributed by atoms with Crippen molar-refractivity contribution in [1.82, 2.24) is 9.88 Å². The fraction of sp³-hybridized carbons (Fsp3) is 0.143. The van der Waals surface area contributed by atoms with Gasteiger partial charge in [0.2, 0.25) is 5.56 Å². The molecule has 1 amide bonds. The maximum Gasteiger partial charge on any atom is 0.270 e. The third kappa shape index (κ3) is 3.40. The van der Waals surface area contributed by atoms with E-state index in [1.165, 1.54) is 11.0 Å². The summed E-state index contributed by atoms with van der Waals surface area (Å²) in [7, 11) is 1.65. The lowest BCUT2D eigenvalue weighted by atomic mass is 10.2. The summed E-state index contributed by atoms with van der Waals surface area (Å²) in [4.78, 5) is 27.3. The molecule has 1 N–H and O–H groups in total. The Morgan fingerprint density at radius 2 is 1.95 bits per heavy atom. The minimum absolute atomic E-state index is 0.250. The third-order valence-electron chi connectivity index (χ3n) is 2.75. The van der Waals surface area contributed by atoms with Gasteiger partial charge in [-0.3, -0.25) is 9.59 Å². The summed E-state index contributed by atoms with van der Waals surface area (Å²) in [5.74, 6) is -0.270. The number of amides is 1. The highest BCUT2D eigenvalue weighted by Gasteiger charge is 2.13. The molecule has 2 rings (SSSR count). The van der Waals surface area contributed by atoms with E-state index in [2.05, 4.69) is 4.98 Å². The number of H-pyrrole nitrogens is 1. The van der Waals surface area contributed by atoms with Gasteiger partial charge in [0.05, 0.1) is 10.0 Å². The minimum atomic E-state index is -0.307. The lowest BCUT2D eigenvalue weighted by Crippen LogP contribution is -2.28. The number of rotatable bonds is 3. The van der Waals surface area contributed by atoms with Crippen LogP contribution in [0.5, 0.6) is 0 Å². The Kier molecular flexibility index (Phi) is 4.47. The quantitative estimate of drug-likeness (QED) is 0.947. The van der Waals surface area contributed by atoms with Gasteiger partial charge in [0.1, 0.15) is 5.69 Å². The van der Waals surface area contributed by atoms with E-state index in [9.17, 15) is 9.59 Å². The molecule has 1 aromatic heterocycles. The highest BCUT2D eigenvalue weighted by molar-refractivity contribution is 6.42. The minimum Gasteiger partial charge on any atom is -0.336 e. The molecule has 0 radical (unpaired) electrons. The fourth-order valence-corrected chi connectivity index (χ4v) is 2.08. The van der Waals surface area contributed by atoms with E-state index in [0.717, 1.165) is 5.56 Å². The van der Waals surface area contributed by atoms with Crippen LogP contribution < -0.4 is 5.56 Å². The topological polar surface area (TPSA) is 53.2 Å². The average Bonchev–Trinajstić information content (AvgIpc) is 2.42. The molecule has 0 atom stereocenters. The van der Waals surface area contributed by atoms with Gasteiger partial charge < -0.3 is 9.88 Å². The number of nitrogens with zero attached hydrogens (tertiary/aromatic N) is 1. The van der Waals surface area contributed by atoms with E-state index in [1.807, 2.05) is 0 Å². The van der Waals surface area contributed by atoms with E-state index < -0.39 is 0 Å². The molecule has 0 aliphatic carbocycles. The highest BCUT2D eigenvalue weighted by Crippen LogP contribution is 2.23. The van der Waals surface area contributed by atoms with E-state index in [1.54, 1.807) is 37.4 Å². The van der Waals surface area contributed by atoms with Crippen LogP contribution in [-0.4, -0.2) is 22.8 Å². The van der Waals surface area contributed by atoms with E-state index in [-0.39, 0.29) is 17.2 Å². The lowest BCUT2D eigenvalue weighted by molar-refractivity contribution is 0.0779. The summed E-state index contributed by atoms with van der Waals surface area (Å²) in [5, 5.41) is 0.912. The standard InChI is InChI=1S/C14H12Cl2N2O2/c1-18(8-9-5-6-10(15)11(16)7-9)14(20)12-3-2-4-13(19)17-12/h2-7H,8H2,1H3,(H,17,19). The first kappa shape index (κ1) is 14.6. The van der Waals surface area contributed by atoms with Crippen molar-refractivity contribution in [3.63, 3.8) is 0 Å². The molecule has 0 bridgehead atoms. The predicted octanol–water partition coefficient (Wildman–Crippen LogP) is 2.95. The number of hydrogen-bond acceptors (Lipinski definition) is 2. The van der Waals surface area contributed by atoms with E-state index >= 15 is 0 Å². The van der Waals surface area contributed by atoms with Crippen molar-refractivity contribution in [2.24, 2.45) is 0 Å². The van der Waals surface area contributed by atoms with Crippen LogP contribution in [0.15, 0.2) is 41.2 Å². The monoisotopic (exact) mass is 310 g/mol. The van der Waals surface area contributed by atoms with Crippen molar-refractivity contribution in [3.8, 4) is 0 Å². The molecule has 2 aromatic rings. The molecule has 0 aliphatic heterocycles. The molecule has 0 aliphatic rings.